The number of ether oxygens (including phenoxy) is 1. The zero-order valence-electron chi connectivity index (χ0n) is 13.3. The topological polar surface area (TPSA) is 53.5 Å². The summed E-state index contributed by atoms with van der Waals surface area (Å²) in [5.74, 6) is 1.86. The van der Waals surface area contributed by atoms with Crippen LogP contribution in [0.2, 0.25) is 5.02 Å². The number of aromatic nitrogens is 2. The van der Waals surface area contributed by atoms with Crippen molar-refractivity contribution in [3.8, 4) is 5.88 Å². The number of halogens is 1. The van der Waals surface area contributed by atoms with E-state index in [4.69, 9.17) is 37.2 Å². The minimum Gasteiger partial charge on any atom is -0.477 e. The van der Waals surface area contributed by atoms with Crippen LogP contribution in [-0.2, 0) is 27.5 Å². The normalized spacial score (nSPS) is 13.9. The summed E-state index contributed by atoms with van der Waals surface area (Å²) in [7, 11) is 0. The summed E-state index contributed by atoms with van der Waals surface area (Å²) in [6.45, 7) is 8.86. The van der Waals surface area contributed by atoms with Crippen LogP contribution in [0.25, 0.3) is 0 Å². The zero-order valence-corrected chi connectivity index (χ0v) is 16.6. The van der Waals surface area contributed by atoms with Crippen LogP contribution < -0.4 is 4.74 Å². The third-order valence-corrected chi connectivity index (χ3v) is 8.40. The van der Waals surface area contributed by atoms with E-state index in [0.717, 1.165) is 12.2 Å². The zero-order chi connectivity index (χ0) is 16.6. The van der Waals surface area contributed by atoms with Gasteiger partial charge in [0.05, 0.1) is 25.5 Å². The van der Waals surface area contributed by atoms with E-state index < -0.39 is 5.69 Å². The first-order chi connectivity index (χ1) is 10.5. The number of rotatable bonds is 10. The summed E-state index contributed by atoms with van der Waals surface area (Å²) >= 11 is 13.4. The van der Waals surface area contributed by atoms with Crippen molar-refractivity contribution < 1.29 is 13.8 Å². The van der Waals surface area contributed by atoms with Crippen molar-refractivity contribution in [2.24, 2.45) is 0 Å². The van der Waals surface area contributed by atoms with Gasteiger partial charge in [0, 0.05) is 5.75 Å². The number of nitrogens with zero attached hydrogens (tertiary/aromatic N) is 2. The molecule has 0 aromatic carbocycles. The summed E-state index contributed by atoms with van der Waals surface area (Å²) in [6, 6.07) is 0. The van der Waals surface area contributed by atoms with E-state index >= 15 is 0 Å². The second-order valence-corrected chi connectivity index (χ2v) is 11.0. The summed E-state index contributed by atoms with van der Waals surface area (Å²) in [5, 5.41) is 0.367. The standard InChI is InChI=1S/C13H22ClN2O3PS2/c1-5-8-22-20(21,18-7-3)19-9-11-12(14)13(17-6-2)16-10(4)15-11/h5-9H2,1-4H3/t20-/m0/s1. The molecule has 0 aliphatic heterocycles. The van der Waals surface area contributed by atoms with Crippen LogP contribution >= 0.6 is 28.7 Å². The van der Waals surface area contributed by atoms with Crippen LogP contribution in [0.4, 0.5) is 0 Å². The van der Waals surface area contributed by atoms with Crippen molar-refractivity contribution in [1.29, 1.82) is 0 Å². The van der Waals surface area contributed by atoms with E-state index in [1.807, 2.05) is 13.8 Å². The molecule has 5 nitrogen and oxygen atoms in total. The molecule has 0 N–H and O–H groups in total. The SMILES string of the molecule is CCCS[P@@](=S)(OCC)OCc1nc(C)nc(OCC)c1Cl. The molecule has 22 heavy (non-hydrogen) atoms. The lowest BCUT2D eigenvalue weighted by Gasteiger charge is -2.21. The molecule has 1 heterocycles. The molecule has 0 saturated carbocycles. The highest BCUT2D eigenvalue weighted by Gasteiger charge is 2.21. The second kappa shape index (κ2) is 10.1. The van der Waals surface area contributed by atoms with Gasteiger partial charge < -0.3 is 13.8 Å². The number of hydrogen-bond donors (Lipinski definition) is 0. The molecule has 0 saturated heterocycles. The third-order valence-electron chi connectivity index (χ3n) is 2.38. The highest BCUT2D eigenvalue weighted by molar-refractivity contribution is 8.67. The van der Waals surface area contributed by atoms with E-state index in [0.29, 0.717) is 35.6 Å². The van der Waals surface area contributed by atoms with Crippen LogP contribution in [-0.4, -0.2) is 28.9 Å². The van der Waals surface area contributed by atoms with Crippen LogP contribution in [0, 0.1) is 6.92 Å². The monoisotopic (exact) mass is 384 g/mol. The van der Waals surface area contributed by atoms with Gasteiger partial charge in [-0.05, 0) is 39.0 Å². The first-order valence-electron chi connectivity index (χ1n) is 7.15. The van der Waals surface area contributed by atoms with Gasteiger partial charge in [0.25, 0.3) is 0 Å². The minimum absolute atomic E-state index is 0.191. The van der Waals surface area contributed by atoms with E-state index in [2.05, 4.69) is 16.9 Å². The Bertz CT molecular complexity index is 534. The molecule has 126 valence electrons. The number of hydrogen-bond acceptors (Lipinski definition) is 7. The summed E-state index contributed by atoms with van der Waals surface area (Å²) in [6.07, 6.45) is 1.02. The molecule has 0 fully saturated rings. The molecule has 0 spiro atoms. The smallest absolute Gasteiger partial charge is 0.247 e. The van der Waals surface area contributed by atoms with Crippen molar-refractivity contribution in [3.05, 3.63) is 16.5 Å². The Morgan fingerprint density at radius 1 is 1.18 bits per heavy atom. The fourth-order valence-corrected chi connectivity index (χ4v) is 6.24. The van der Waals surface area contributed by atoms with Gasteiger partial charge in [-0.1, -0.05) is 29.9 Å². The summed E-state index contributed by atoms with van der Waals surface area (Å²) in [4.78, 5) is 8.50. The average Bonchev–Trinajstić information content (AvgIpc) is 2.48. The molecule has 9 heteroatoms. The third kappa shape index (κ3) is 6.30. The first-order valence-corrected chi connectivity index (χ1v) is 11.8. The van der Waals surface area contributed by atoms with Gasteiger partial charge in [-0.2, -0.15) is 4.98 Å². The van der Waals surface area contributed by atoms with Crippen LogP contribution in [0.3, 0.4) is 0 Å². The van der Waals surface area contributed by atoms with Crippen molar-refractivity contribution >= 4 is 40.5 Å². The van der Waals surface area contributed by atoms with E-state index in [9.17, 15) is 0 Å². The van der Waals surface area contributed by atoms with Crippen molar-refractivity contribution in [3.63, 3.8) is 0 Å². The van der Waals surface area contributed by atoms with Gasteiger partial charge in [0.15, 0.2) is 0 Å². The molecule has 0 unspecified atom stereocenters. The second-order valence-electron chi connectivity index (χ2n) is 4.24. The Labute approximate surface area is 146 Å². The van der Waals surface area contributed by atoms with Gasteiger partial charge in [-0.25, -0.2) is 4.98 Å². The lowest BCUT2D eigenvalue weighted by atomic mass is 10.4. The highest BCUT2D eigenvalue weighted by Crippen LogP contribution is 2.61. The molecule has 0 amide bonds. The molecule has 0 aliphatic carbocycles. The molecule has 1 rings (SSSR count). The highest BCUT2D eigenvalue weighted by atomic mass is 35.5. The fourth-order valence-electron chi connectivity index (χ4n) is 1.53. The molecule has 1 atom stereocenters. The van der Waals surface area contributed by atoms with E-state index in [1.165, 1.54) is 0 Å². The van der Waals surface area contributed by atoms with Crippen LogP contribution in [0.1, 0.15) is 38.7 Å². The maximum atomic E-state index is 6.27. The molecule has 0 bridgehead atoms. The molecule has 0 radical (unpaired) electrons. The fraction of sp³-hybridized carbons (Fsp3) is 0.692. The Morgan fingerprint density at radius 3 is 2.50 bits per heavy atom. The van der Waals surface area contributed by atoms with Gasteiger partial charge in [-0.15, -0.1) is 0 Å². The Balaban J connectivity index is 2.87. The molecular formula is C13H22ClN2O3PS2. The summed E-state index contributed by atoms with van der Waals surface area (Å²) in [5.41, 5.74) is -1.80. The van der Waals surface area contributed by atoms with Crippen molar-refractivity contribution in [2.75, 3.05) is 19.0 Å². The molecular weight excluding hydrogens is 363 g/mol. The van der Waals surface area contributed by atoms with Gasteiger partial charge in [0.1, 0.15) is 10.8 Å². The van der Waals surface area contributed by atoms with Gasteiger partial charge in [-0.3, -0.25) is 0 Å². The maximum Gasteiger partial charge on any atom is 0.247 e. The predicted octanol–water partition coefficient (Wildman–Crippen LogP) is 4.76. The molecule has 1 aromatic heterocycles. The molecule has 0 aliphatic rings. The van der Waals surface area contributed by atoms with Crippen LogP contribution in [0.5, 0.6) is 5.88 Å². The average molecular weight is 385 g/mol. The van der Waals surface area contributed by atoms with Crippen molar-refractivity contribution in [1.82, 2.24) is 9.97 Å². The summed E-state index contributed by atoms with van der Waals surface area (Å²) < 4.78 is 16.9. The minimum atomic E-state index is -2.38. The largest absolute Gasteiger partial charge is 0.477 e. The Kier molecular flexibility index (Phi) is 9.21. The Morgan fingerprint density at radius 2 is 1.91 bits per heavy atom. The lowest BCUT2D eigenvalue weighted by Crippen LogP contribution is -2.04. The van der Waals surface area contributed by atoms with Gasteiger partial charge in [0.2, 0.25) is 11.6 Å². The first kappa shape index (κ1) is 20.1. The van der Waals surface area contributed by atoms with Crippen molar-refractivity contribution in [2.45, 2.75) is 40.7 Å². The van der Waals surface area contributed by atoms with E-state index in [1.54, 1.807) is 18.3 Å². The lowest BCUT2D eigenvalue weighted by molar-refractivity contribution is 0.257. The maximum absolute atomic E-state index is 6.27. The Hall–Kier alpha value is 0.0900. The molecule has 1 aromatic rings. The van der Waals surface area contributed by atoms with E-state index in [-0.39, 0.29) is 6.61 Å². The predicted molar refractivity (Wildman–Crippen MR) is 96.4 cm³/mol. The van der Waals surface area contributed by atoms with Crippen LogP contribution in [0.15, 0.2) is 0 Å². The quantitative estimate of drug-likeness (QED) is 0.539. The van der Waals surface area contributed by atoms with Gasteiger partial charge >= 0.3 is 0 Å². The number of aryl methyl sites for hydroxylation is 1.